The summed E-state index contributed by atoms with van der Waals surface area (Å²) in [5, 5.41) is 9.24. The number of fused-ring (bicyclic) bond motifs is 1. The Labute approximate surface area is 163 Å². The van der Waals surface area contributed by atoms with Crippen molar-refractivity contribution in [3.05, 3.63) is 84.3 Å². The zero-order valence-electron chi connectivity index (χ0n) is 15.5. The number of carbonyl (C=O) groups is 1. The summed E-state index contributed by atoms with van der Waals surface area (Å²) in [6, 6.07) is 24.2. The van der Waals surface area contributed by atoms with Gasteiger partial charge in [-0.15, -0.1) is 0 Å². The number of rotatable bonds is 7. The Morgan fingerprint density at radius 2 is 1.68 bits per heavy atom. The predicted molar refractivity (Wildman–Crippen MR) is 109 cm³/mol. The number of aromatic nitrogens is 2. The zero-order chi connectivity index (χ0) is 19.2. The quantitative estimate of drug-likeness (QED) is 0.529. The van der Waals surface area contributed by atoms with Crippen LogP contribution in [0.5, 0.6) is 0 Å². The number of nitrogens with zero attached hydrogens (tertiary/aromatic N) is 2. The molecule has 0 bridgehead atoms. The van der Waals surface area contributed by atoms with Crippen LogP contribution in [-0.2, 0) is 17.6 Å². The van der Waals surface area contributed by atoms with Gasteiger partial charge in [-0.25, -0.2) is 0 Å². The van der Waals surface area contributed by atoms with Crippen LogP contribution in [0.2, 0.25) is 0 Å². The molecular weight excluding hydrogens is 350 g/mol. The van der Waals surface area contributed by atoms with Crippen molar-refractivity contribution in [2.45, 2.75) is 19.3 Å². The maximum absolute atomic E-state index is 12.1. The van der Waals surface area contributed by atoms with Crippen molar-refractivity contribution >= 4 is 16.7 Å². The lowest BCUT2D eigenvalue weighted by molar-refractivity contribution is -0.121. The molecule has 0 spiro atoms. The molecule has 0 aliphatic carbocycles. The smallest absolute Gasteiger partial charge is 0.227 e. The highest BCUT2D eigenvalue weighted by Gasteiger charge is 2.12. The highest BCUT2D eigenvalue weighted by molar-refractivity contribution is 5.94. The number of nitrogens with one attached hydrogen (secondary N) is 1. The van der Waals surface area contributed by atoms with Gasteiger partial charge in [0, 0.05) is 24.9 Å². The Morgan fingerprint density at radius 3 is 2.57 bits per heavy atom. The second-order valence-electron chi connectivity index (χ2n) is 6.62. The van der Waals surface area contributed by atoms with Crippen molar-refractivity contribution in [3.8, 4) is 11.4 Å². The lowest BCUT2D eigenvalue weighted by Gasteiger charge is -2.04. The number of benzene rings is 3. The van der Waals surface area contributed by atoms with Gasteiger partial charge in [0.15, 0.2) is 0 Å². The maximum Gasteiger partial charge on any atom is 0.227 e. The fraction of sp³-hybridized carbons (Fsp3) is 0.174. The van der Waals surface area contributed by atoms with Crippen LogP contribution < -0.4 is 5.32 Å². The van der Waals surface area contributed by atoms with Gasteiger partial charge < -0.3 is 9.84 Å². The Bertz CT molecular complexity index is 1070. The molecule has 1 N–H and O–H groups in total. The van der Waals surface area contributed by atoms with E-state index in [-0.39, 0.29) is 5.91 Å². The molecule has 4 aromatic rings. The first-order valence-electron chi connectivity index (χ1n) is 9.41. The summed E-state index contributed by atoms with van der Waals surface area (Å²) in [5.74, 6) is 1.01. The van der Waals surface area contributed by atoms with Crippen molar-refractivity contribution in [1.29, 1.82) is 0 Å². The molecule has 3 aromatic carbocycles. The lowest BCUT2D eigenvalue weighted by atomic mass is 10.0. The van der Waals surface area contributed by atoms with Gasteiger partial charge in [-0.1, -0.05) is 78.0 Å². The van der Waals surface area contributed by atoms with Gasteiger partial charge >= 0.3 is 0 Å². The van der Waals surface area contributed by atoms with Crippen LogP contribution in [0.15, 0.2) is 77.3 Å². The number of hydrogen-bond donors (Lipinski definition) is 1. The maximum atomic E-state index is 12.1. The Kier molecular flexibility index (Phi) is 5.43. The van der Waals surface area contributed by atoms with Crippen molar-refractivity contribution in [2.24, 2.45) is 0 Å². The fourth-order valence-electron chi connectivity index (χ4n) is 3.19. The lowest BCUT2D eigenvalue weighted by Crippen LogP contribution is -2.25. The number of carbonyl (C=O) groups excluding carboxylic acids is 1. The zero-order valence-corrected chi connectivity index (χ0v) is 15.5. The molecule has 0 aliphatic heterocycles. The van der Waals surface area contributed by atoms with Crippen LogP contribution in [0.25, 0.3) is 22.2 Å². The van der Waals surface area contributed by atoms with Crippen molar-refractivity contribution in [2.75, 3.05) is 6.54 Å². The minimum absolute atomic E-state index is 0.0131. The molecule has 0 atom stereocenters. The normalized spacial score (nSPS) is 10.9. The van der Waals surface area contributed by atoms with Gasteiger partial charge in [0.25, 0.3) is 0 Å². The van der Waals surface area contributed by atoms with Gasteiger partial charge in [0.2, 0.25) is 17.6 Å². The molecule has 5 heteroatoms. The molecule has 0 radical (unpaired) electrons. The number of aryl methyl sites for hydroxylation is 1. The van der Waals surface area contributed by atoms with Crippen molar-refractivity contribution in [1.82, 2.24) is 15.5 Å². The van der Waals surface area contributed by atoms with Gasteiger partial charge in [-0.2, -0.15) is 4.98 Å². The molecule has 0 aliphatic rings. The van der Waals surface area contributed by atoms with Gasteiger partial charge in [0.1, 0.15) is 0 Å². The van der Waals surface area contributed by atoms with E-state index in [9.17, 15) is 4.79 Å². The molecule has 1 aromatic heterocycles. The SMILES string of the molecule is O=C(CCc1nc(-c2cccc3ccccc23)no1)NCCc1ccccc1. The van der Waals surface area contributed by atoms with Crippen LogP contribution in [-0.4, -0.2) is 22.6 Å². The van der Waals surface area contributed by atoms with E-state index in [1.165, 1.54) is 5.56 Å². The van der Waals surface area contributed by atoms with Gasteiger partial charge in [-0.05, 0) is 22.8 Å². The highest BCUT2D eigenvalue weighted by atomic mass is 16.5. The molecule has 140 valence electrons. The first-order chi connectivity index (χ1) is 13.8. The molecule has 0 saturated carbocycles. The topological polar surface area (TPSA) is 68.0 Å². The van der Waals surface area contributed by atoms with E-state index in [0.717, 1.165) is 22.8 Å². The fourth-order valence-corrected chi connectivity index (χ4v) is 3.19. The Morgan fingerprint density at radius 1 is 0.893 bits per heavy atom. The first kappa shape index (κ1) is 17.9. The molecular formula is C23H21N3O2. The monoisotopic (exact) mass is 371 g/mol. The summed E-state index contributed by atoms with van der Waals surface area (Å²) in [4.78, 5) is 16.5. The molecule has 0 fully saturated rings. The Balaban J connectivity index is 1.33. The average molecular weight is 371 g/mol. The second kappa shape index (κ2) is 8.48. The molecule has 28 heavy (non-hydrogen) atoms. The van der Waals surface area contributed by atoms with E-state index in [0.29, 0.717) is 31.1 Å². The molecule has 0 saturated heterocycles. The summed E-state index contributed by atoms with van der Waals surface area (Å²) in [5.41, 5.74) is 2.14. The molecule has 0 unspecified atom stereocenters. The van der Waals surface area contributed by atoms with E-state index in [1.807, 2.05) is 48.5 Å². The summed E-state index contributed by atoms with van der Waals surface area (Å²) in [6.07, 6.45) is 1.57. The first-order valence-corrected chi connectivity index (χ1v) is 9.41. The van der Waals surface area contributed by atoms with Crippen LogP contribution in [0.3, 0.4) is 0 Å². The summed E-state index contributed by atoms with van der Waals surface area (Å²) >= 11 is 0. The third-order valence-electron chi connectivity index (χ3n) is 4.64. The summed E-state index contributed by atoms with van der Waals surface area (Å²) < 4.78 is 5.35. The van der Waals surface area contributed by atoms with E-state index >= 15 is 0 Å². The second-order valence-corrected chi connectivity index (χ2v) is 6.62. The van der Waals surface area contributed by atoms with Crippen molar-refractivity contribution < 1.29 is 9.32 Å². The van der Waals surface area contributed by atoms with Gasteiger partial charge in [-0.3, -0.25) is 4.79 Å². The van der Waals surface area contributed by atoms with Crippen molar-refractivity contribution in [3.63, 3.8) is 0 Å². The minimum atomic E-state index is -0.0131. The molecule has 1 amide bonds. The summed E-state index contributed by atoms with van der Waals surface area (Å²) in [6.45, 7) is 0.619. The van der Waals surface area contributed by atoms with Crippen LogP contribution in [0.4, 0.5) is 0 Å². The number of hydrogen-bond acceptors (Lipinski definition) is 4. The van der Waals surface area contributed by atoms with E-state index in [4.69, 9.17) is 4.52 Å². The number of amides is 1. The minimum Gasteiger partial charge on any atom is -0.356 e. The largest absolute Gasteiger partial charge is 0.356 e. The summed E-state index contributed by atoms with van der Waals surface area (Å²) in [7, 11) is 0. The Hall–Kier alpha value is -3.47. The molecule has 5 nitrogen and oxygen atoms in total. The molecule has 1 heterocycles. The average Bonchev–Trinajstić information content (AvgIpc) is 3.21. The van der Waals surface area contributed by atoms with Crippen LogP contribution >= 0.6 is 0 Å². The highest BCUT2D eigenvalue weighted by Crippen LogP contribution is 2.26. The third kappa shape index (κ3) is 4.26. The van der Waals surface area contributed by atoms with Crippen LogP contribution in [0, 0.1) is 0 Å². The standard InChI is InChI=1S/C23H21N3O2/c27-21(24-16-15-17-7-2-1-3-8-17)13-14-22-25-23(26-28-22)20-12-6-10-18-9-4-5-11-19(18)20/h1-12H,13-16H2,(H,24,27). The third-order valence-corrected chi connectivity index (χ3v) is 4.64. The predicted octanol–water partition coefficient (Wildman–Crippen LogP) is 4.18. The van der Waals surface area contributed by atoms with E-state index in [2.05, 4.69) is 39.7 Å². The van der Waals surface area contributed by atoms with Gasteiger partial charge in [0.05, 0.1) is 0 Å². The van der Waals surface area contributed by atoms with Crippen LogP contribution in [0.1, 0.15) is 17.9 Å². The van der Waals surface area contributed by atoms with E-state index in [1.54, 1.807) is 0 Å². The van der Waals surface area contributed by atoms with E-state index < -0.39 is 0 Å². The molecule has 4 rings (SSSR count).